The maximum Gasteiger partial charge on any atom is 0.157 e. The molecule has 1 atom stereocenters. The number of fused-ring (bicyclic) bond motifs is 2. The van der Waals surface area contributed by atoms with Gasteiger partial charge in [0.25, 0.3) is 0 Å². The summed E-state index contributed by atoms with van der Waals surface area (Å²) in [5, 5.41) is 1.16. The lowest BCUT2D eigenvalue weighted by molar-refractivity contribution is 0.134. The quantitative estimate of drug-likeness (QED) is 0.434. The molecule has 8 heteroatoms. The molecule has 0 bridgehead atoms. The van der Waals surface area contributed by atoms with Gasteiger partial charge in [-0.1, -0.05) is 43.0 Å². The number of nitrogens with zero attached hydrogens (tertiary/aromatic N) is 4. The van der Waals surface area contributed by atoms with Gasteiger partial charge in [0.2, 0.25) is 0 Å². The summed E-state index contributed by atoms with van der Waals surface area (Å²) in [6, 6.07) is 15.7. The maximum absolute atomic E-state index is 13.6. The zero-order chi connectivity index (χ0) is 22.1. The van der Waals surface area contributed by atoms with E-state index in [1.54, 1.807) is 35.2 Å². The fourth-order valence-electron chi connectivity index (χ4n) is 4.31. The first-order valence-electron chi connectivity index (χ1n) is 11.2. The molecule has 174 valence electrons. The number of benzene rings is 2. The molecule has 0 amide bonds. The number of aliphatic imine (C=N–C) groups is 1. The monoisotopic (exact) mass is 502 g/mol. The number of aromatic nitrogens is 1. The second-order valence-electron chi connectivity index (χ2n) is 8.35. The van der Waals surface area contributed by atoms with Crippen molar-refractivity contribution in [2.24, 2.45) is 4.99 Å². The summed E-state index contributed by atoms with van der Waals surface area (Å²) in [5.74, 6) is 0.838. The first-order chi connectivity index (χ1) is 15.6. The number of amidine groups is 1. The van der Waals surface area contributed by atoms with Crippen molar-refractivity contribution in [3.63, 3.8) is 0 Å². The molecule has 5 rings (SSSR count). The van der Waals surface area contributed by atoms with Crippen molar-refractivity contribution in [2.75, 3.05) is 26.7 Å². The van der Waals surface area contributed by atoms with Gasteiger partial charge in [-0.2, -0.15) is 0 Å². The van der Waals surface area contributed by atoms with Gasteiger partial charge in [-0.3, -0.25) is 4.90 Å². The molecule has 0 radical (unpaired) electrons. The molecule has 3 aromatic rings. The van der Waals surface area contributed by atoms with Crippen LogP contribution >= 0.6 is 35.5 Å². The lowest BCUT2D eigenvalue weighted by atomic mass is 10.0. The summed E-state index contributed by atoms with van der Waals surface area (Å²) < 4.78 is 14.8. The highest BCUT2D eigenvalue weighted by molar-refractivity contribution is 8.01. The predicted molar refractivity (Wildman–Crippen MR) is 138 cm³/mol. The Kier molecular flexibility index (Phi) is 7.74. The van der Waals surface area contributed by atoms with E-state index < -0.39 is 0 Å². The predicted octanol–water partition coefficient (Wildman–Crippen LogP) is 6.06. The summed E-state index contributed by atoms with van der Waals surface area (Å²) in [6.07, 6.45) is 2.79. The van der Waals surface area contributed by atoms with Gasteiger partial charge < -0.3 is 4.90 Å². The number of likely N-dealkylation sites (N-methyl/N-ethyl adjacent to an activating group) is 1. The Morgan fingerprint density at radius 3 is 2.79 bits per heavy atom. The Labute approximate surface area is 209 Å². The Bertz CT molecular complexity index is 1150. The number of thiazole rings is 1. The van der Waals surface area contributed by atoms with Crippen LogP contribution in [0.3, 0.4) is 0 Å². The number of aryl methyl sites for hydroxylation is 2. The van der Waals surface area contributed by atoms with Gasteiger partial charge in [0, 0.05) is 30.6 Å². The minimum absolute atomic E-state index is 0. The molecule has 1 saturated heterocycles. The zero-order valence-electron chi connectivity index (χ0n) is 18.8. The van der Waals surface area contributed by atoms with Gasteiger partial charge in [-0.05, 0) is 56.1 Å². The van der Waals surface area contributed by atoms with Crippen molar-refractivity contribution in [3.8, 4) is 0 Å². The largest absolute Gasteiger partial charge is 0.352 e. The minimum Gasteiger partial charge on any atom is -0.352 e. The summed E-state index contributed by atoms with van der Waals surface area (Å²) >= 11 is 3.57. The second kappa shape index (κ2) is 10.6. The number of hydrogen-bond donors (Lipinski definition) is 0. The molecule has 0 N–H and O–H groups in total. The molecule has 33 heavy (non-hydrogen) atoms. The minimum atomic E-state index is -0.159. The number of piperazine rings is 1. The first-order valence-corrected chi connectivity index (χ1v) is 12.8. The summed E-state index contributed by atoms with van der Waals surface area (Å²) in [6.45, 7) is 4.96. The van der Waals surface area contributed by atoms with Crippen LogP contribution in [0.15, 0.2) is 62.6 Å². The molecule has 0 unspecified atom stereocenters. The van der Waals surface area contributed by atoms with Crippen LogP contribution in [-0.4, -0.2) is 53.3 Å². The van der Waals surface area contributed by atoms with Gasteiger partial charge in [0.1, 0.15) is 11.5 Å². The van der Waals surface area contributed by atoms with Gasteiger partial charge in [0.05, 0.1) is 14.9 Å². The highest BCUT2D eigenvalue weighted by atomic mass is 35.5. The lowest BCUT2D eigenvalue weighted by Gasteiger charge is -2.40. The van der Waals surface area contributed by atoms with E-state index in [0.717, 1.165) is 66.7 Å². The molecule has 1 aromatic heterocycles. The smallest absolute Gasteiger partial charge is 0.157 e. The molecule has 2 aliphatic heterocycles. The van der Waals surface area contributed by atoms with Crippen molar-refractivity contribution in [1.29, 1.82) is 0 Å². The number of para-hydroxylation sites is 1. The Hall–Kier alpha value is -1.93. The SMILES string of the molecule is CCc1nc2c(s1)Sc1ccccc1N=C2N1CCN(C)[C@@H](CCc2cccc(F)c2)C1.Cl. The van der Waals surface area contributed by atoms with E-state index in [4.69, 9.17) is 9.98 Å². The van der Waals surface area contributed by atoms with E-state index in [9.17, 15) is 4.39 Å². The topological polar surface area (TPSA) is 31.7 Å². The molecule has 1 fully saturated rings. The van der Waals surface area contributed by atoms with Crippen LogP contribution in [-0.2, 0) is 12.8 Å². The molecule has 0 saturated carbocycles. The summed E-state index contributed by atoms with van der Waals surface area (Å²) in [5.41, 5.74) is 3.11. The van der Waals surface area contributed by atoms with Crippen LogP contribution in [0.25, 0.3) is 0 Å². The Morgan fingerprint density at radius 2 is 1.97 bits per heavy atom. The molecule has 4 nitrogen and oxygen atoms in total. The normalized spacial score (nSPS) is 18.1. The molecular formula is C25H28ClFN4S2. The lowest BCUT2D eigenvalue weighted by Crippen LogP contribution is -2.53. The van der Waals surface area contributed by atoms with Gasteiger partial charge >= 0.3 is 0 Å². The maximum atomic E-state index is 13.6. The van der Waals surface area contributed by atoms with Crippen LogP contribution in [0.2, 0.25) is 0 Å². The summed E-state index contributed by atoms with van der Waals surface area (Å²) in [4.78, 5) is 16.2. The van der Waals surface area contributed by atoms with Crippen molar-refractivity contribution in [3.05, 3.63) is 70.6 Å². The van der Waals surface area contributed by atoms with Crippen LogP contribution in [0.5, 0.6) is 0 Å². The van der Waals surface area contributed by atoms with E-state index in [2.05, 4.69) is 48.0 Å². The molecule has 3 heterocycles. The van der Waals surface area contributed by atoms with Crippen molar-refractivity contribution in [2.45, 2.75) is 41.3 Å². The van der Waals surface area contributed by atoms with E-state index in [0.29, 0.717) is 6.04 Å². The first kappa shape index (κ1) is 24.2. The van der Waals surface area contributed by atoms with Crippen molar-refractivity contribution >= 4 is 47.0 Å². The van der Waals surface area contributed by atoms with Gasteiger partial charge in [0.15, 0.2) is 5.84 Å². The van der Waals surface area contributed by atoms with Gasteiger partial charge in [-0.25, -0.2) is 14.4 Å². The molecule has 2 aliphatic rings. The zero-order valence-corrected chi connectivity index (χ0v) is 21.3. The van der Waals surface area contributed by atoms with Crippen LogP contribution in [0, 0.1) is 5.82 Å². The standard InChI is InChI=1S/C25H27FN4S2.ClH/c1-3-22-28-23-24(27-20-9-4-5-10-21(20)31-25(23)32-22)30-14-13-29(2)19(16-30)12-11-17-7-6-8-18(26)15-17;/h4-10,15,19H,3,11-14,16H2,1-2H3;1H/t19-;/m0./s1. The van der Waals surface area contributed by atoms with Crippen LogP contribution < -0.4 is 0 Å². The fourth-order valence-corrected chi connectivity index (χ4v) is 6.56. The average Bonchev–Trinajstić information content (AvgIpc) is 3.14. The molecule has 2 aromatic carbocycles. The van der Waals surface area contributed by atoms with Crippen LogP contribution in [0.4, 0.5) is 10.1 Å². The molecular weight excluding hydrogens is 475 g/mol. The van der Waals surface area contributed by atoms with E-state index in [1.807, 2.05) is 6.07 Å². The van der Waals surface area contributed by atoms with E-state index in [-0.39, 0.29) is 18.2 Å². The molecule has 0 aliphatic carbocycles. The van der Waals surface area contributed by atoms with Crippen LogP contribution in [0.1, 0.15) is 29.6 Å². The third kappa shape index (κ3) is 5.27. The van der Waals surface area contributed by atoms with E-state index >= 15 is 0 Å². The average molecular weight is 503 g/mol. The number of rotatable bonds is 4. The number of halogens is 2. The Morgan fingerprint density at radius 1 is 1.12 bits per heavy atom. The molecule has 0 spiro atoms. The van der Waals surface area contributed by atoms with Crippen molar-refractivity contribution in [1.82, 2.24) is 14.8 Å². The van der Waals surface area contributed by atoms with Crippen molar-refractivity contribution < 1.29 is 4.39 Å². The van der Waals surface area contributed by atoms with Gasteiger partial charge in [-0.15, -0.1) is 23.7 Å². The number of hydrogen-bond acceptors (Lipinski definition) is 6. The fraction of sp³-hybridized carbons (Fsp3) is 0.360. The third-order valence-corrected chi connectivity index (χ3v) is 8.62. The second-order valence-corrected chi connectivity index (χ2v) is 10.7. The Balaban J connectivity index is 0.00000259. The van der Waals surface area contributed by atoms with E-state index in [1.165, 1.54) is 15.2 Å². The highest BCUT2D eigenvalue weighted by Crippen LogP contribution is 2.43. The third-order valence-electron chi connectivity index (χ3n) is 6.18. The highest BCUT2D eigenvalue weighted by Gasteiger charge is 2.31. The summed E-state index contributed by atoms with van der Waals surface area (Å²) in [7, 11) is 2.19.